The molecule has 0 unspecified atom stereocenters. The molecule has 182 valence electrons. The van der Waals surface area contributed by atoms with E-state index in [1.165, 1.54) is 13.5 Å². The van der Waals surface area contributed by atoms with E-state index in [1.807, 2.05) is 13.8 Å². The van der Waals surface area contributed by atoms with Crippen LogP contribution in [0.5, 0.6) is 11.5 Å². The Kier molecular flexibility index (Phi) is 8.40. The van der Waals surface area contributed by atoms with Gasteiger partial charge in [-0.3, -0.25) is 9.59 Å². The van der Waals surface area contributed by atoms with E-state index >= 15 is 0 Å². The van der Waals surface area contributed by atoms with Gasteiger partial charge in [0.15, 0.2) is 11.5 Å². The van der Waals surface area contributed by atoms with Crippen LogP contribution in [-0.2, 0) is 6.54 Å². The molecule has 3 rings (SSSR count). The first-order valence-electron chi connectivity index (χ1n) is 12.0. The van der Waals surface area contributed by atoms with Crippen molar-refractivity contribution < 1.29 is 14.3 Å². The molecular weight excluding hydrogens is 418 g/mol. The van der Waals surface area contributed by atoms with E-state index in [9.17, 15) is 9.59 Å². The number of methoxy groups -OCH3 is 2. The van der Waals surface area contributed by atoms with E-state index in [-0.39, 0.29) is 17.4 Å². The molecule has 1 N–H and O–H groups in total. The van der Waals surface area contributed by atoms with Gasteiger partial charge in [-0.2, -0.15) is 0 Å². The molecule has 0 aliphatic carbocycles. The van der Waals surface area contributed by atoms with Gasteiger partial charge < -0.3 is 24.3 Å². The van der Waals surface area contributed by atoms with Crippen molar-refractivity contribution in [2.45, 2.75) is 47.1 Å². The molecule has 1 fully saturated rings. The van der Waals surface area contributed by atoms with Gasteiger partial charge in [-0.25, -0.2) is 0 Å². The van der Waals surface area contributed by atoms with Crippen molar-refractivity contribution in [3.8, 4) is 11.5 Å². The first-order valence-corrected chi connectivity index (χ1v) is 12.0. The molecule has 7 heteroatoms. The average molecular weight is 458 g/mol. The van der Waals surface area contributed by atoms with Crippen LogP contribution in [0.4, 0.5) is 0 Å². The van der Waals surface area contributed by atoms with E-state index in [0.717, 1.165) is 37.9 Å². The van der Waals surface area contributed by atoms with Gasteiger partial charge in [0.2, 0.25) is 0 Å². The van der Waals surface area contributed by atoms with Crippen LogP contribution in [0.25, 0.3) is 10.8 Å². The number of nitrogens with one attached hydrogen (secondary N) is 1. The zero-order valence-corrected chi connectivity index (χ0v) is 20.9. The summed E-state index contributed by atoms with van der Waals surface area (Å²) in [5.41, 5.74) is 0.343. The highest BCUT2D eigenvalue weighted by Crippen LogP contribution is 2.32. The van der Waals surface area contributed by atoms with Crippen molar-refractivity contribution in [3.05, 3.63) is 34.2 Å². The van der Waals surface area contributed by atoms with Gasteiger partial charge in [-0.05, 0) is 49.3 Å². The Bertz CT molecular complexity index is 1020. The number of piperidine rings is 1. The Morgan fingerprint density at radius 3 is 2.27 bits per heavy atom. The summed E-state index contributed by atoms with van der Waals surface area (Å²) < 4.78 is 12.4. The molecule has 2 heterocycles. The Morgan fingerprint density at radius 2 is 1.70 bits per heavy atom. The maximum absolute atomic E-state index is 13.2. The maximum atomic E-state index is 13.2. The zero-order chi connectivity index (χ0) is 24.1. The molecule has 33 heavy (non-hydrogen) atoms. The number of pyridine rings is 1. The van der Waals surface area contributed by atoms with Crippen molar-refractivity contribution in [2.24, 2.45) is 17.8 Å². The lowest BCUT2D eigenvalue weighted by molar-refractivity contribution is 0.0948. The summed E-state index contributed by atoms with van der Waals surface area (Å²) in [5.74, 6) is 2.51. The van der Waals surface area contributed by atoms with Crippen LogP contribution in [0.1, 0.15) is 50.9 Å². The van der Waals surface area contributed by atoms with Gasteiger partial charge in [-0.15, -0.1) is 0 Å². The summed E-state index contributed by atoms with van der Waals surface area (Å²) in [6.07, 6.45) is 3.87. The molecule has 1 aromatic carbocycles. The Labute approximate surface area is 197 Å². The molecule has 1 saturated heterocycles. The molecule has 1 aliphatic rings. The van der Waals surface area contributed by atoms with Crippen LogP contribution < -0.4 is 20.3 Å². The highest BCUT2D eigenvalue weighted by Gasteiger charge is 2.22. The van der Waals surface area contributed by atoms with Crippen molar-refractivity contribution >= 4 is 16.7 Å². The van der Waals surface area contributed by atoms with Gasteiger partial charge in [0.05, 0.1) is 25.2 Å². The lowest BCUT2D eigenvalue weighted by atomic mass is 9.92. The summed E-state index contributed by atoms with van der Waals surface area (Å²) in [7, 11) is 3.09. The number of carbonyl (C=O) groups is 1. The summed E-state index contributed by atoms with van der Waals surface area (Å²) in [6, 6.07) is 3.39. The van der Waals surface area contributed by atoms with Gasteiger partial charge in [0, 0.05) is 37.8 Å². The summed E-state index contributed by atoms with van der Waals surface area (Å²) in [4.78, 5) is 28.8. The van der Waals surface area contributed by atoms with Crippen LogP contribution in [0.2, 0.25) is 0 Å². The number of hydrogen-bond acceptors (Lipinski definition) is 5. The highest BCUT2D eigenvalue weighted by atomic mass is 16.5. The second-order valence-corrected chi connectivity index (χ2v) is 9.96. The standard InChI is InChI=1S/C26H39N3O4/c1-17(2)13-29-16-22(20-11-23(32-5)24(33-6)12-21(20)26(29)31)25(30)27-8-7-9-28-14-18(3)10-19(4)15-28/h11-12,16-19H,7-10,13-15H2,1-6H3,(H,27,30)/t18-,19-/m0/s1. The molecule has 0 bridgehead atoms. The van der Waals surface area contributed by atoms with E-state index in [2.05, 4.69) is 24.1 Å². The van der Waals surface area contributed by atoms with Crippen molar-refractivity contribution in [1.82, 2.24) is 14.8 Å². The lowest BCUT2D eigenvalue weighted by Gasteiger charge is -2.34. The van der Waals surface area contributed by atoms with Gasteiger partial charge in [-0.1, -0.05) is 27.7 Å². The van der Waals surface area contributed by atoms with Gasteiger partial charge in [0.1, 0.15) is 0 Å². The van der Waals surface area contributed by atoms with E-state index < -0.39 is 0 Å². The van der Waals surface area contributed by atoms with Gasteiger partial charge in [0.25, 0.3) is 11.5 Å². The van der Waals surface area contributed by atoms with Crippen LogP contribution >= 0.6 is 0 Å². The quantitative estimate of drug-likeness (QED) is 0.581. The monoisotopic (exact) mass is 457 g/mol. The third-order valence-electron chi connectivity index (χ3n) is 6.28. The molecule has 0 saturated carbocycles. The predicted octanol–water partition coefficient (Wildman–Crippen LogP) is 3.77. The predicted molar refractivity (Wildman–Crippen MR) is 132 cm³/mol. The minimum absolute atomic E-state index is 0.135. The second-order valence-electron chi connectivity index (χ2n) is 9.96. The number of rotatable bonds is 9. The summed E-state index contributed by atoms with van der Waals surface area (Å²) >= 11 is 0. The molecule has 7 nitrogen and oxygen atoms in total. The van der Waals surface area contributed by atoms with Crippen LogP contribution in [0.15, 0.2) is 23.1 Å². The zero-order valence-electron chi connectivity index (χ0n) is 20.9. The number of likely N-dealkylation sites (tertiary alicyclic amines) is 1. The van der Waals surface area contributed by atoms with Crippen molar-refractivity contribution in [2.75, 3.05) is 40.4 Å². The van der Waals surface area contributed by atoms with E-state index in [4.69, 9.17) is 9.47 Å². The normalized spacial score (nSPS) is 19.1. The fraction of sp³-hybridized carbons (Fsp3) is 0.615. The van der Waals surface area contributed by atoms with Crippen LogP contribution in [0, 0.1) is 17.8 Å². The average Bonchev–Trinajstić information content (AvgIpc) is 2.76. The van der Waals surface area contributed by atoms with Crippen molar-refractivity contribution in [3.63, 3.8) is 0 Å². The van der Waals surface area contributed by atoms with Crippen molar-refractivity contribution in [1.29, 1.82) is 0 Å². The first kappa shape index (κ1) is 25.1. The van der Waals surface area contributed by atoms with E-state index in [0.29, 0.717) is 40.9 Å². The third kappa shape index (κ3) is 6.08. The number of ether oxygens (including phenoxy) is 2. The molecule has 1 aromatic heterocycles. The van der Waals surface area contributed by atoms with Crippen LogP contribution in [-0.4, -0.2) is 55.8 Å². The fourth-order valence-electron chi connectivity index (χ4n) is 5.00. The second kappa shape index (κ2) is 11.1. The first-order chi connectivity index (χ1) is 15.7. The Balaban J connectivity index is 1.81. The maximum Gasteiger partial charge on any atom is 0.258 e. The SMILES string of the molecule is COc1cc2c(C(=O)NCCCN3C[C@@H](C)C[C@H](C)C3)cn(CC(C)C)c(=O)c2cc1OC. The van der Waals surface area contributed by atoms with E-state index in [1.54, 1.807) is 30.0 Å². The number of nitrogens with zero attached hydrogens (tertiary/aromatic N) is 2. The number of benzene rings is 1. The summed E-state index contributed by atoms with van der Waals surface area (Å²) in [5, 5.41) is 4.10. The number of aromatic nitrogens is 1. The third-order valence-corrected chi connectivity index (χ3v) is 6.28. The smallest absolute Gasteiger partial charge is 0.258 e. The molecule has 1 amide bonds. The molecule has 0 spiro atoms. The summed E-state index contributed by atoms with van der Waals surface area (Å²) in [6.45, 7) is 13.1. The Hall–Kier alpha value is -2.54. The molecule has 0 radical (unpaired) electrons. The lowest BCUT2D eigenvalue weighted by Crippen LogP contribution is -2.40. The molecule has 2 atom stereocenters. The molecule has 1 aliphatic heterocycles. The number of fused-ring (bicyclic) bond motifs is 1. The highest BCUT2D eigenvalue weighted by molar-refractivity contribution is 6.07. The topological polar surface area (TPSA) is 72.8 Å². The minimum atomic E-state index is -0.176. The Morgan fingerprint density at radius 1 is 1.09 bits per heavy atom. The van der Waals surface area contributed by atoms with Gasteiger partial charge >= 0.3 is 0 Å². The largest absolute Gasteiger partial charge is 0.493 e. The molecular formula is C26H39N3O4. The number of carbonyl (C=O) groups excluding carboxylic acids is 1. The number of hydrogen-bond donors (Lipinski definition) is 1. The fourth-order valence-corrected chi connectivity index (χ4v) is 5.00. The molecule has 2 aromatic rings. The minimum Gasteiger partial charge on any atom is -0.493 e. The van der Waals surface area contributed by atoms with Crippen LogP contribution in [0.3, 0.4) is 0 Å². The number of amides is 1.